The maximum absolute atomic E-state index is 4.75. The van der Waals surface area contributed by atoms with Gasteiger partial charge in [-0.3, -0.25) is 0 Å². The molecule has 0 unspecified atom stereocenters. The van der Waals surface area contributed by atoms with Crippen LogP contribution in [0.2, 0.25) is 0 Å². The lowest BCUT2D eigenvalue weighted by atomic mass is 9.86. The van der Waals surface area contributed by atoms with Crippen LogP contribution in [0.3, 0.4) is 0 Å². The molecule has 2 aliphatic rings. The molecule has 0 radical (unpaired) electrons. The molecular weight excluding hydrogens is 236 g/mol. The first kappa shape index (κ1) is 12.8. The number of nitrogens with zero attached hydrogens (tertiary/aromatic N) is 4. The van der Waals surface area contributed by atoms with E-state index in [4.69, 9.17) is 4.98 Å². The Morgan fingerprint density at radius 2 is 1.74 bits per heavy atom. The summed E-state index contributed by atoms with van der Waals surface area (Å²) >= 11 is 0. The van der Waals surface area contributed by atoms with Gasteiger partial charge in [-0.15, -0.1) is 5.10 Å². The average molecular weight is 260 g/mol. The molecule has 3 rings (SSSR count). The smallest absolute Gasteiger partial charge is 0.245 e. The van der Waals surface area contributed by atoms with Gasteiger partial charge >= 0.3 is 0 Å². The van der Waals surface area contributed by atoms with E-state index < -0.39 is 0 Å². The maximum Gasteiger partial charge on any atom is 0.245 e. The van der Waals surface area contributed by atoms with Gasteiger partial charge < -0.3 is 4.90 Å². The summed E-state index contributed by atoms with van der Waals surface area (Å²) in [5, 5.41) is 8.73. The molecule has 0 N–H and O–H groups in total. The predicted octanol–water partition coefficient (Wildman–Crippen LogP) is 2.77. The molecule has 1 aliphatic heterocycles. The van der Waals surface area contributed by atoms with E-state index >= 15 is 0 Å². The Morgan fingerprint density at radius 1 is 1.00 bits per heavy atom. The van der Waals surface area contributed by atoms with Crippen molar-refractivity contribution in [1.29, 1.82) is 0 Å². The summed E-state index contributed by atoms with van der Waals surface area (Å²) in [6.07, 6.45) is 8.78. The number of rotatable bonds is 3. The van der Waals surface area contributed by atoms with Crippen molar-refractivity contribution in [1.82, 2.24) is 15.2 Å². The van der Waals surface area contributed by atoms with Crippen molar-refractivity contribution in [3.63, 3.8) is 0 Å². The van der Waals surface area contributed by atoms with Crippen LogP contribution in [0.15, 0.2) is 0 Å². The highest BCUT2D eigenvalue weighted by Gasteiger charge is 2.41. The van der Waals surface area contributed by atoms with Gasteiger partial charge in [0.1, 0.15) is 0 Å². The van der Waals surface area contributed by atoms with Crippen molar-refractivity contribution < 1.29 is 0 Å². The first-order valence-corrected chi connectivity index (χ1v) is 7.74. The molecule has 1 aromatic rings. The zero-order valence-electron chi connectivity index (χ0n) is 12.2. The zero-order chi connectivity index (χ0) is 13.3. The molecule has 1 saturated heterocycles. The van der Waals surface area contributed by atoms with E-state index in [2.05, 4.69) is 28.9 Å². The molecule has 2 heterocycles. The monoisotopic (exact) mass is 260 g/mol. The molecule has 1 aromatic heterocycles. The van der Waals surface area contributed by atoms with Crippen LogP contribution in [0.1, 0.15) is 57.3 Å². The summed E-state index contributed by atoms with van der Waals surface area (Å²) in [5.74, 6) is 0.859. The van der Waals surface area contributed by atoms with Crippen molar-refractivity contribution in [2.24, 2.45) is 5.41 Å². The SMILES string of the molecule is CCc1nnc(N2CCC3(CCCC3)C2)nc1CC. The lowest BCUT2D eigenvalue weighted by molar-refractivity contribution is 0.340. The van der Waals surface area contributed by atoms with Crippen molar-refractivity contribution in [3.05, 3.63) is 11.4 Å². The average Bonchev–Trinajstić information content (AvgIpc) is 3.09. The van der Waals surface area contributed by atoms with Crippen molar-refractivity contribution in [3.8, 4) is 0 Å². The molecule has 104 valence electrons. The number of aromatic nitrogens is 3. The van der Waals surface area contributed by atoms with Gasteiger partial charge in [0.2, 0.25) is 5.95 Å². The van der Waals surface area contributed by atoms with E-state index in [1.54, 1.807) is 0 Å². The quantitative estimate of drug-likeness (QED) is 0.838. The minimum absolute atomic E-state index is 0.569. The second-order valence-electron chi connectivity index (χ2n) is 6.09. The summed E-state index contributed by atoms with van der Waals surface area (Å²) in [6.45, 7) is 6.52. The number of aryl methyl sites for hydroxylation is 2. The Morgan fingerprint density at radius 3 is 2.42 bits per heavy atom. The molecule has 19 heavy (non-hydrogen) atoms. The van der Waals surface area contributed by atoms with Crippen LogP contribution in [-0.2, 0) is 12.8 Å². The van der Waals surface area contributed by atoms with Crippen molar-refractivity contribution in [2.75, 3.05) is 18.0 Å². The Bertz CT molecular complexity index is 451. The first-order valence-electron chi connectivity index (χ1n) is 7.74. The summed E-state index contributed by atoms with van der Waals surface area (Å²) < 4.78 is 0. The van der Waals surface area contributed by atoms with E-state index in [1.807, 2.05) is 0 Å². The van der Waals surface area contributed by atoms with E-state index in [1.165, 1.54) is 32.1 Å². The van der Waals surface area contributed by atoms with Crippen molar-refractivity contribution in [2.45, 2.75) is 58.8 Å². The molecule has 0 bridgehead atoms. The van der Waals surface area contributed by atoms with Crippen LogP contribution >= 0.6 is 0 Å². The van der Waals surface area contributed by atoms with Crippen LogP contribution in [-0.4, -0.2) is 28.3 Å². The number of hydrogen-bond donors (Lipinski definition) is 0. The van der Waals surface area contributed by atoms with E-state index in [9.17, 15) is 0 Å². The van der Waals surface area contributed by atoms with Crippen LogP contribution in [0.5, 0.6) is 0 Å². The third kappa shape index (κ3) is 2.33. The lowest BCUT2D eigenvalue weighted by Gasteiger charge is -2.23. The third-order valence-electron chi connectivity index (χ3n) is 4.88. The lowest BCUT2D eigenvalue weighted by Crippen LogP contribution is -2.27. The van der Waals surface area contributed by atoms with Crippen LogP contribution in [0, 0.1) is 5.41 Å². The van der Waals surface area contributed by atoms with Gasteiger partial charge in [0.25, 0.3) is 0 Å². The fourth-order valence-electron chi connectivity index (χ4n) is 3.70. The summed E-state index contributed by atoms with van der Waals surface area (Å²) in [4.78, 5) is 7.11. The van der Waals surface area contributed by atoms with Crippen LogP contribution in [0.25, 0.3) is 0 Å². The van der Waals surface area contributed by atoms with Crippen molar-refractivity contribution >= 4 is 5.95 Å². The molecule has 4 nitrogen and oxygen atoms in total. The molecule has 0 atom stereocenters. The van der Waals surface area contributed by atoms with Gasteiger partial charge in [-0.1, -0.05) is 26.7 Å². The largest absolute Gasteiger partial charge is 0.339 e. The number of anilines is 1. The fourth-order valence-corrected chi connectivity index (χ4v) is 3.70. The zero-order valence-corrected chi connectivity index (χ0v) is 12.2. The maximum atomic E-state index is 4.75. The van der Waals surface area contributed by atoms with E-state index in [0.717, 1.165) is 43.3 Å². The van der Waals surface area contributed by atoms with Gasteiger partial charge in [0.05, 0.1) is 11.4 Å². The Kier molecular flexibility index (Phi) is 3.42. The summed E-state index contributed by atoms with van der Waals surface area (Å²) in [5.41, 5.74) is 2.75. The molecule has 1 saturated carbocycles. The molecule has 0 amide bonds. The second-order valence-corrected chi connectivity index (χ2v) is 6.09. The molecule has 1 aliphatic carbocycles. The second kappa shape index (κ2) is 5.06. The molecule has 1 spiro atoms. The van der Waals surface area contributed by atoms with E-state index in [0.29, 0.717) is 5.41 Å². The highest BCUT2D eigenvalue weighted by atomic mass is 15.3. The normalized spacial score (nSPS) is 21.5. The number of hydrogen-bond acceptors (Lipinski definition) is 4. The highest BCUT2D eigenvalue weighted by Crippen LogP contribution is 2.45. The van der Waals surface area contributed by atoms with Gasteiger partial charge in [-0.25, -0.2) is 4.98 Å². The third-order valence-corrected chi connectivity index (χ3v) is 4.88. The van der Waals surface area contributed by atoms with Gasteiger partial charge in [0.15, 0.2) is 0 Å². The van der Waals surface area contributed by atoms with Crippen LogP contribution < -0.4 is 4.90 Å². The Balaban J connectivity index is 1.79. The fraction of sp³-hybridized carbons (Fsp3) is 0.800. The molecule has 4 heteroatoms. The van der Waals surface area contributed by atoms with E-state index in [-0.39, 0.29) is 0 Å². The van der Waals surface area contributed by atoms with Gasteiger partial charge in [0, 0.05) is 13.1 Å². The predicted molar refractivity (Wildman–Crippen MR) is 76.3 cm³/mol. The van der Waals surface area contributed by atoms with Gasteiger partial charge in [-0.2, -0.15) is 5.10 Å². The minimum Gasteiger partial charge on any atom is -0.339 e. The molecule has 2 fully saturated rings. The highest BCUT2D eigenvalue weighted by molar-refractivity contribution is 5.33. The molecule has 0 aromatic carbocycles. The first-order chi connectivity index (χ1) is 9.26. The van der Waals surface area contributed by atoms with Gasteiger partial charge in [-0.05, 0) is 37.5 Å². The Labute approximate surface area is 115 Å². The Hall–Kier alpha value is -1.19. The standard InChI is InChI=1S/C15H24N4/c1-3-12-13(4-2)17-18-14(16-12)19-10-9-15(11-19)7-5-6-8-15/h3-11H2,1-2H3. The summed E-state index contributed by atoms with van der Waals surface area (Å²) in [7, 11) is 0. The molecular formula is C15H24N4. The van der Waals surface area contributed by atoms with Crippen LogP contribution in [0.4, 0.5) is 5.95 Å². The minimum atomic E-state index is 0.569. The topological polar surface area (TPSA) is 41.9 Å². The summed E-state index contributed by atoms with van der Waals surface area (Å²) in [6, 6.07) is 0.